The number of nitrogens with zero attached hydrogens (tertiary/aromatic N) is 2. The Kier molecular flexibility index (Phi) is 8.76. The lowest BCUT2D eigenvalue weighted by molar-refractivity contribution is -0.119. The van der Waals surface area contributed by atoms with E-state index in [4.69, 9.17) is 9.47 Å². The van der Waals surface area contributed by atoms with E-state index >= 15 is 0 Å². The molecular weight excluding hydrogens is 386 g/mol. The Morgan fingerprint density at radius 2 is 1.66 bits per heavy atom. The monoisotopic (exact) mass is 417 g/mol. The van der Waals surface area contributed by atoms with E-state index in [-0.39, 0.29) is 23.6 Å². The van der Waals surface area contributed by atoms with Crippen LogP contribution in [0.25, 0.3) is 0 Å². The van der Waals surface area contributed by atoms with Crippen LogP contribution in [0.1, 0.15) is 50.7 Å². The number of rotatable bonds is 10. The average molecular weight is 418 g/mol. The van der Waals surface area contributed by atoms with E-state index < -0.39 is 0 Å². The lowest BCUT2D eigenvalue weighted by atomic mass is 9.95. The summed E-state index contributed by atoms with van der Waals surface area (Å²) >= 11 is 1.35. The normalized spacial score (nSPS) is 12.0. The van der Waals surface area contributed by atoms with Crippen LogP contribution in [0, 0.1) is 19.8 Å². The molecular formula is C22H31N3O3S. The molecule has 7 heteroatoms. The molecule has 1 amide bonds. The molecule has 0 aliphatic carbocycles. The Bertz CT molecular complexity index is 807. The molecule has 1 heterocycles. The van der Waals surface area contributed by atoms with E-state index in [0.29, 0.717) is 24.1 Å². The molecule has 6 nitrogen and oxygen atoms in total. The lowest BCUT2D eigenvalue weighted by Crippen LogP contribution is -2.33. The fourth-order valence-corrected chi connectivity index (χ4v) is 3.76. The Hall–Kier alpha value is -2.28. The van der Waals surface area contributed by atoms with Crippen LogP contribution in [-0.4, -0.2) is 34.8 Å². The molecule has 1 aromatic heterocycles. The number of ether oxygens (including phenoxy) is 2. The lowest BCUT2D eigenvalue weighted by Gasteiger charge is -2.24. The molecule has 0 fully saturated rings. The van der Waals surface area contributed by atoms with Gasteiger partial charge in [-0.3, -0.25) is 4.79 Å². The van der Waals surface area contributed by atoms with Gasteiger partial charge in [-0.15, -0.1) is 0 Å². The van der Waals surface area contributed by atoms with Gasteiger partial charge in [-0.1, -0.05) is 31.7 Å². The van der Waals surface area contributed by atoms with Crippen molar-refractivity contribution in [2.24, 2.45) is 5.92 Å². The highest BCUT2D eigenvalue weighted by molar-refractivity contribution is 7.99. The Morgan fingerprint density at radius 1 is 1.03 bits per heavy atom. The first-order chi connectivity index (χ1) is 13.8. The zero-order chi connectivity index (χ0) is 21.4. The van der Waals surface area contributed by atoms with Gasteiger partial charge in [0.15, 0.2) is 16.7 Å². The maximum atomic E-state index is 12.6. The molecule has 0 aliphatic rings. The summed E-state index contributed by atoms with van der Waals surface area (Å²) in [6, 6.07) is 7.64. The molecule has 2 rings (SSSR count). The zero-order valence-corrected chi connectivity index (χ0v) is 18.9. The van der Waals surface area contributed by atoms with Crippen molar-refractivity contribution >= 4 is 17.7 Å². The van der Waals surface area contributed by atoms with E-state index in [2.05, 4.69) is 29.1 Å². The van der Waals surface area contributed by atoms with Gasteiger partial charge in [0.05, 0.1) is 25.0 Å². The van der Waals surface area contributed by atoms with Gasteiger partial charge in [-0.2, -0.15) is 0 Å². The molecule has 0 saturated heterocycles. The van der Waals surface area contributed by atoms with Crippen molar-refractivity contribution in [3.63, 3.8) is 0 Å². The molecule has 1 unspecified atom stereocenters. The van der Waals surface area contributed by atoms with Gasteiger partial charge in [0.25, 0.3) is 0 Å². The molecule has 0 aliphatic heterocycles. The van der Waals surface area contributed by atoms with Gasteiger partial charge >= 0.3 is 0 Å². The number of hydrogen-bond acceptors (Lipinski definition) is 6. The van der Waals surface area contributed by atoms with E-state index in [1.165, 1.54) is 11.8 Å². The van der Waals surface area contributed by atoms with Gasteiger partial charge in [0.2, 0.25) is 5.91 Å². The van der Waals surface area contributed by atoms with Crippen molar-refractivity contribution in [2.45, 2.75) is 52.7 Å². The molecule has 158 valence electrons. The van der Waals surface area contributed by atoms with E-state index in [0.717, 1.165) is 22.7 Å². The summed E-state index contributed by atoms with van der Waals surface area (Å²) in [5, 5.41) is 3.76. The highest BCUT2D eigenvalue weighted by Gasteiger charge is 2.20. The highest BCUT2D eigenvalue weighted by Crippen LogP contribution is 2.33. The van der Waals surface area contributed by atoms with E-state index in [1.54, 1.807) is 0 Å². The number of nitrogens with one attached hydrogen (secondary N) is 1. The first-order valence-corrected chi connectivity index (χ1v) is 11.0. The summed E-state index contributed by atoms with van der Waals surface area (Å²) in [7, 11) is 0. The Labute approximate surface area is 177 Å². The predicted octanol–water partition coefficient (Wildman–Crippen LogP) is 4.50. The fourth-order valence-electron chi connectivity index (χ4n) is 3.00. The summed E-state index contributed by atoms with van der Waals surface area (Å²) in [6.45, 7) is 13.0. The number of aromatic nitrogens is 2. The fraction of sp³-hybridized carbons (Fsp3) is 0.500. The van der Waals surface area contributed by atoms with Gasteiger partial charge < -0.3 is 14.8 Å². The van der Waals surface area contributed by atoms with Crippen LogP contribution >= 0.6 is 11.8 Å². The number of benzene rings is 1. The van der Waals surface area contributed by atoms with Crippen LogP contribution in [-0.2, 0) is 4.79 Å². The van der Waals surface area contributed by atoms with Gasteiger partial charge in [-0.25, -0.2) is 9.97 Å². The van der Waals surface area contributed by atoms with Crippen LogP contribution in [0.3, 0.4) is 0 Å². The van der Waals surface area contributed by atoms with Crippen molar-refractivity contribution in [3.05, 3.63) is 41.2 Å². The quantitative estimate of drug-likeness (QED) is 0.453. The summed E-state index contributed by atoms with van der Waals surface area (Å²) in [5.41, 5.74) is 2.80. The molecule has 2 aromatic rings. The maximum Gasteiger partial charge on any atom is 0.230 e. The molecule has 1 N–H and O–H groups in total. The largest absolute Gasteiger partial charge is 0.490 e. The number of aryl methyl sites for hydroxylation is 2. The molecule has 0 spiro atoms. The maximum absolute atomic E-state index is 12.6. The number of hydrogen-bond donors (Lipinski definition) is 1. The second kappa shape index (κ2) is 11.0. The third-order valence-electron chi connectivity index (χ3n) is 4.20. The predicted molar refractivity (Wildman–Crippen MR) is 117 cm³/mol. The molecule has 0 bridgehead atoms. The first-order valence-electron chi connectivity index (χ1n) is 9.98. The third-order valence-corrected chi connectivity index (χ3v) is 5.05. The molecule has 0 radical (unpaired) electrons. The molecule has 29 heavy (non-hydrogen) atoms. The van der Waals surface area contributed by atoms with Crippen molar-refractivity contribution in [1.29, 1.82) is 0 Å². The minimum absolute atomic E-state index is 0.0525. The van der Waals surface area contributed by atoms with E-state index in [9.17, 15) is 4.79 Å². The summed E-state index contributed by atoms with van der Waals surface area (Å²) in [5.74, 6) is 1.85. The summed E-state index contributed by atoms with van der Waals surface area (Å²) in [6.07, 6.45) is 0. The van der Waals surface area contributed by atoms with Crippen LogP contribution < -0.4 is 14.8 Å². The minimum Gasteiger partial charge on any atom is -0.490 e. The average Bonchev–Trinajstić information content (AvgIpc) is 2.65. The zero-order valence-electron chi connectivity index (χ0n) is 18.1. The highest BCUT2D eigenvalue weighted by atomic mass is 32.2. The first kappa shape index (κ1) is 23.0. The Balaban J connectivity index is 2.10. The Morgan fingerprint density at radius 3 is 2.24 bits per heavy atom. The molecule has 1 atom stereocenters. The van der Waals surface area contributed by atoms with E-state index in [1.807, 2.05) is 52.0 Å². The molecule has 0 saturated carbocycles. The van der Waals surface area contributed by atoms with Crippen LogP contribution in [0.2, 0.25) is 0 Å². The van der Waals surface area contributed by atoms with Crippen LogP contribution in [0.4, 0.5) is 0 Å². The SMILES string of the molecule is CCOc1ccc(C(NC(=O)CSc2nc(C)cc(C)n2)C(C)C)cc1OCC. The minimum atomic E-state index is -0.127. The standard InChI is InChI=1S/C22H31N3O3S/c1-7-27-18-10-9-17(12-19(18)28-8-2)21(14(3)4)25-20(26)13-29-22-23-15(5)11-16(6)24-22/h9-12,14,21H,7-8,13H2,1-6H3,(H,25,26). The number of carbonyl (C=O) groups is 1. The second-order valence-electron chi connectivity index (χ2n) is 7.08. The van der Waals surface area contributed by atoms with Gasteiger partial charge in [0, 0.05) is 11.4 Å². The number of amides is 1. The van der Waals surface area contributed by atoms with Gasteiger partial charge in [0.1, 0.15) is 0 Å². The van der Waals surface area contributed by atoms with Gasteiger partial charge in [-0.05, 0) is 57.4 Å². The topological polar surface area (TPSA) is 73.3 Å². The third kappa shape index (κ3) is 6.92. The van der Waals surface area contributed by atoms with Crippen molar-refractivity contribution in [3.8, 4) is 11.5 Å². The van der Waals surface area contributed by atoms with Crippen molar-refractivity contribution in [2.75, 3.05) is 19.0 Å². The van der Waals surface area contributed by atoms with Crippen molar-refractivity contribution < 1.29 is 14.3 Å². The number of thioether (sulfide) groups is 1. The number of carbonyl (C=O) groups excluding carboxylic acids is 1. The van der Waals surface area contributed by atoms with Crippen molar-refractivity contribution in [1.82, 2.24) is 15.3 Å². The second-order valence-corrected chi connectivity index (χ2v) is 8.03. The molecule has 1 aromatic carbocycles. The van der Waals surface area contributed by atoms with Crippen LogP contribution in [0.5, 0.6) is 11.5 Å². The van der Waals surface area contributed by atoms with Crippen LogP contribution in [0.15, 0.2) is 29.4 Å². The smallest absolute Gasteiger partial charge is 0.230 e. The summed E-state index contributed by atoms with van der Waals surface area (Å²) in [4.78, 5) is 21.4. The summed E-state index contributed by atoms with van der Waals surface area (Å²) < 4.78 is 11.4.